The van der Waals surface area contributed by atoms with E-state index in [0.29, 0.717) is 29.0 Å². The fourth-order valence-corrected chi connectivity index (χ4v) is 3.61. The number of halogens is 1. The van der Waals surface area contributed by atoms with E-state index in [1.165, 1.54) is 0 Å². The number of ether oxygens (including phenoxy) is 1. The largest absolute Gasteiger partial charge is 0.378 e. The lowest BCUT2D eigenvalue weighted by Gasteiger charge is -2.35. The third-order valence-corrected chi connectivity index (χ3v) is 5.16. The van der Waals surface area contributed by atoms with Crippen LogP contribution in [0.2, 0.25) is 5.15 Å². The summed E-state index contributed by atoms with van der Waals surface area (Å²) >= 11 is 6.16. The molecule has 4 aromatic heterocycles. The minimum atomic E-state index is 0.354. The highest BCUT2D eigenvalue weighted by molar-refractivity contribution is 6.29. The summed E-state index contributed by atoms with van der Waals surface area (Å²) in [6.07, 6.45) is 11.4. The minimum absolute atomic E-state index is 0.354. The van der Waals surface area contributed by atoms with Gasteiger partial charge in [0.05, 0.1) is 24.0 Å². The summed E-state index contributed by atoms with van der Waals surface area (Å²) in [6, 6.07) is 2.36. The van der Waals surface area contributed by atoms with Gasteiger partial charge in [-0.1, -0.05) is 11.6 Å². The summed E-state index contributed by atoms with van der Waals surface area (Å²) in [7, 11) is 0. The van der Waals surface area contributed by atoms with Crippen LogP contribution >= 0.6 is 11.6 Å². The number of rotatable bonds is 5. The number of aromatic nitrogens is 6. The Bertz CT molecular complexity index is 1120. The summed E-state index contributed by atoms with van der Waals surface area (Å²) in [5, 5.41) is 8.47. The predicted octanol–water partition coefficient (Wildman–Crippen LogP) is 3.07. The molecule has 0 radical (unpaired) electrons. The van der Waals surface area contributed by atoms with Crippen molar-refractivity contribution in [2.24, 2.45) is 0 Å². The monoisotopic (exact) mass is 383 g/mol. The van der Waals surface area contributed by atoms with Gasteiger partial charge in [-0.05, 0) is 25.8 Å². The van der Waals surface area contributed by atoms with Crippen molar-refractivity contribution in [3.05, 3.63) is 42.2 Å². The SMILES string of the molecule is CCO[C@H]1C[C@@H](Nc2ncc3c(-c4cnc5ncc(Cl)n5c4)ccn3n2)C1. The molecule has 0 amide bonds. The number of nitrogens with one attached hydrogen (secondary N) is 1. The van der Waals surface area contributed by atoms with Gasteiger partial charge >= 0.3 is 0 Å². The molecule has 8 nitrogen and oxygen atoms in total. The second kappa shape index (κ2) is 6.47. The third kappa shape index (κ3) is 2.90. The molecule has 0 spiro atoms. The zero-order chi connectivity index (χ0) is 18.4. The average molecular weight is 384 g/mol. The first-order valence-corrected chi connectivity index (χ1v) is 9.30. The van der Waals surface area contributed by atoms with E-state index in [1.54, 1.807) is 16.8 Å². The van der Waals surface area contributed by atoms with Crippen LogP contribution in [0, 0.1) is 0 Å². The number of anilines is 1. The highest BCUT2D eigenvalue weighted by Gasteiger charge is 2.30. The summed E-state index contributed by atoms with van der Waals surface area (Å²) in [4.78, 5) is 13.0. The average Bonchev–Trinajstić information content (AvgIpc) is 3.23. The molecule has 0 atom stereocenters. The maximum absolute atomic E-state index is 6.16. The molecule has 0 unspecified atom stereocenters. The molecule has 1 saturated carbocycles. The molecule has 4 heterocycles. The first-order chi connectivity index (χ1) is 13.2. The second-order valence-electron chi connectivity index (χ2n) is 6.62. The molecule has 1 N–H and O–H groups in total. The van der Waals surface area contributed by atoms with Gasteiger partial charge < -0.3 is 10.1 Å². The molecular formula is C18H18ClN7O. The van der Waals surface area contributed by atoms with E-state index in [0.717, 1.165) is 36.1 Å². The van der Waals surface area contributed by atoms with Crippen molar-refractivity contribution in [1.82, 2.24) is 29.0 Å². The molecule has 1 aliphatic rings. The Labute approximate surface area is 160 Å². The molecular weight excluding hydrogens is 366 g/mol. The van der Waals surface area contributed by atoms with Crippen molar-refractivity contribution in [3.8, 4) is 11.1 Å². The van der Waals surface area contributed by atoms with Gasteiger partial charge in [-0.15, -0.1) is 5.10 Å². The quantitative estimate of drug-likeness (QED) is 0.570. The molecule has 0 aliphatic heterocycles. The lowest BCUT2D eigenvalue weighted by atomic mass is 9.89. The number of imidazole rings is 1. The fourth-order valence-electron chi connectivity index (χ4n) is 3.43. The van der Waals surface area contributed by atoms with Gasteiger partial charge in [0, 0.05) is 42.4 Å². The summed E-state index contributed by atoms with van der Waals surface area (Å²) in [5.74, 6) is 1.19. The Morgan fingerprint density at radius 3 is 2.93 bits per heavy atom. The molecule has 0 bridgehead atoms. The van der Waals surface area contributed by atoms with Crippen LogP contribution in [0.1, 0.15) is 19.8 Å². The van der Waals surface area contributed by atoms with Crippen molar-refractivity contribution >= 4 is 28.8 Å². The number of fused-ring (bicyclic) bond motifs is 2. The van der Waals surface area contributed by atoms with Crippen LogP contribution in [0.4, 0.5) is 5.95 Å². The van der Waals surface area contributed by atoms with Crippen LogP contribution in [-0.2, 0) is 4.74 Å². The van der Waals surface area contributed by atoms with Gasteiger partial charge in [0.1, 0.15) is 5.15 Å². The van der Waals surface area contributed by atoms with Crippen LogP contribution in [0.25, 0.3) is 22.4 Å². The van der Waals surface area contributed by atoms with E-state index in [9.17, 15) is 0 Å². The molecule has 0 aromatic carbocycles. The van der Waals surface area contributed by atoms with Crippen molar-refractivity contribution in [2.45, 2.75) is 31.9 Å². The molecule has 0 saturated heterocycles. The van der Waals surface area contributed by atoms with Gasteiger partial charge in [0.15, 0.2) is 0 Å². The maximum Gasteiger partial charge on any atom is 0.241 e. The Balaban J connectivity index is 1.41. The van der Waals surface area contributed by atoms with Gasteiger partial charge in [-0.3, -0.25) is 4.40 Å². The van der Waals surface area contributed by atoms with Crippen LogP contribution in [0.5, 0.6) is 0 Å². The van der Waals surface area contributed by atoms with E-state index in [-0.39, 0.29) is 0 Å². The highest BCUT2D eigenvalue weighted by atomic mass is 35.5. The number of nitrogens with zero attached hydrogens (tertiary/aromatic N) is 6. The highest BCUT2D eigenvalue weighted by Crippen LogP contribution is 2.28. The van der Waals surface area contributed by atoms with E-state index in [2.05, 4.69) is 25.4 Å². The molecule has 5 rings (SSSR count). The summed E-state index contributed by atoms with van der Waals surface area (Å²) in [5.41, 5.74) is 2.81. The minimum Gasteiger partial charge on any atom is -0.378 e. The van der Waals surface area contributed by atoms with Crippen molar-refractivity contribution in [1.29, 1.82) is 0 Å². The van der Waals surface area contributed by atoms with Crippen LogP contribution in [0.15, 0.2) is 37.1 Å². The van der Waals surface area contributed by atoms with E-state index < -0.39 is 0 Å². The normalized spacial score (nSPS) is 19.5. The Kier molecular flexibility index (Phi) is 3.95. The Hall–Kier alpha value is -2.71. The van der Waals surface area contributed by atoms with Crippen LogP contribution in [-0.4, -0.2) is 47.7 Å². The molecule has 1 fully saturated rings. The first-order valence-electron chi connectivity index (χ1n) is 8.93. The molecule has 4 aromatic rings. The van der Waals surface area contributed by atoms with Crippen molar-refractivity contribution in [3.63, 3.8) is 0 Å². The standard InChI is InChI=1S/C18H18ClN7O/c1-2-27-13-5-12(6-13)23-17-20-8-15-14(3-4-26(15)24-17)11-7-21-18-22-9-16(19)25(18)10-11/h3-4,7-10,12-13H,2,5-6H2,1H3,(H,23,24)/t12-,13+. The maximum atomic E-state index is 6.16. The topological polar surface area (TPSA) is 81.6 Å². The summed E-state index contributed by atoms with van der Waals surface area (Å²) < 4.78 is 9.17. The zero-order valence-corrected chi connectivity index (χ0v) is 15.5. The van der Waals surface area contributed by atoms with E-state index >= 15 is 0 Å². The van der Waals surface area contributed by atoms with E-state index in [1.807, 2.05) is 36.1 Å². The Morgan fingerprint density at radius 2 is 2.07 bits per heavy atom. The smallest absolute Gasteiger partial charge is 0.241 e. The molecule has 138 valence electrons. The Morgan fingerprint density at radius 1 is 1.22 bits per heavy atom. The van der Waals surface area contributed by atoms with Crippen molar-refractivity contribution in [2.75, 3.05) is 11.9 Å². The lowest BCUT2D eigenvalue weighted by molar-refractivity contribution is 0.00283. The van der Waals surface area contributed by atoms with Crippen LogP contribution in [0.3, 0.4) is 0 Å². The first kappa shape index (κ1) is 16.5. The van der Waals surface area contributed by atoms with Gasteiger partial charge in [-0.25, -0.2) is 19.5 Å². The lowest BCUT2D eigenvalue weighted by Crippen LogP contribution is -2.41. The number of hydrogen-bond donors (Lipinski definition) is 1. The molecule has 27 heavy (non-hydrogen) atoms. The second-order valence-corrected chi connectivity index (χ2v) is 7.01. The number of hydrogen-bond acceptors (Lipinski definition) is 6. The van der Waals surface area contributed by atoms with Gasteiger partial charge in [0.25, 0.3) is 0 Å². The predicted molar refractivity (Wildman–Crippen MR) is 102 cm³/mol. The third-order valence-electron chi connectivity index (χ3n) is 4.88. The molecule has 1 aliphatic carbocycles. The summed E-state index contributed by atoms with van der Waals surface area (Å²) in [6.45, 7) is 2.78. The van der Waals surface area contributed by atoms with Gasteiger partial charge in [-0.2, -0.15) is 0 Å². The zero-order valence-electron chi connectivity index (χ0n) is 14.7. The van der Waals surface area contributed by atoms with E-state index in [4.69, 9.17) is 16.3 Å². The fraction of sp³-hybridized carbons (Fsp3) is 0.333. The van der Waals surface area contributed by atoms with Crippen molar-refractivity contribution < 1.29 is 4.74 Å². The molecule has 9 heteroatoms. The van der Waals surface area contributed by atoms with Gasteiger partial charge in [0.2, 0.25) is 11.7 Å². The van der Waals surface area contributed by atoms with Crippen LogP contribution < -0.4 is 5.32 Å².